The van der Waals surface area contributed by atoms with Crippen LogP contribution in [-0.2, 0) is 11.1 Å². The summed E-state index contributed by atoms with van der Waals surface area (Å²) in [5.41, 5.74) is 14.1. The van der Waals surface area contributed by atoms with Gasteiger partial charge in [0.15, 0.2) is 0 Å². The Morgan fingerprint density at radius 1 is 0.700 bits per heavy atom. The largest absolute Gasteiger partial charge is 0.508 e. The molecule has 2 unspecified atom stereocenters. The number of aromatic hydroxyl groups is 2. The van der Waals surface area contributed by atoms with Gasteiger partial charge in [-0.25, -0.2) is 0 Å². The van der Waals surface area contributed by atoms with Crippen molar-refractivity contribution in [1.29, 1.82) is 0 Å². The van der Waals surface area contributed by atoms with E-state index in [4.69, 9.17) is 11.5 Å². The van der Waals surface area contributed by atoms with E-state index in [0.29, 0.717) is 11.8 Å². The first-order chi connectivity index (χ1) is 14.2. The second kappa shape index (κ2) is 8.05. The van der Waals surface area contributed by atoms with Crippen LogP contribution < -0.4 is 11.5 Å². The summed E-state index contributed by atoms with van der Waals surface area (Å²) < 4.78 is 0. The SMILES string of the molecule is CC(N)(c1ccc2c(C(C)(N)C3CCCCC3)c(O)ccc2c1O)C1CCCCC1. The van der Waals surface area contributed by atoms with Gasteiger partial charge in [0.1, 0.15) is 11.5 Å². The first-order valence-electron chi connectivity index (χ1n) is 11.8. The van der Waals surface area contributed by atoms with Gasteiger partial charge in [0, 0.05) is 27.6 Å². The minimum absolute atomic E-state index is 0.216. The summed E-state index contributed by atoms with van der Waals surface area (Å²) in [6.07, 6.45) is 11.7. The second-order valence-corrected chi connectivity index (χ2v) is 10.3. The molecule has 2 aliphatic rings. The predicted octanol–water partition coefficient (Wildman–Crippen LogP) is 5.76. The highest BCUT2D eigenvalue weighted by Gasteiger charge is 2.38. The molecule has 2 aromatic carbocycles. The van der Waals surface area contributed by atoms with Gasteiger partial charge in [0.25, 0.3) is 0 Å². The molecule has 4 heteroatoms. The molecule has 0 radical (unpaired) electrons. The number of hydrogen-bond donors (Lipinski definition) is 4. The summed E-state index contributed by atoms with van der Waals surface area (Å²) in [5, 5.41) is 23.7. The number of benzene rings is 2. The second-order valence-electron chi connectivity index (χ2n) is 10.3. The normalized spacial score (nSPS) is 23.2. The average molecular weight is 411 g/mol. The van der Waals surface area contributed by atoms with E-state index in [1.54, 1.807) is 12.1 Å². The Kier molecular flexibility index (Phi) is 5.75. The highest BCUT2D eigenvalue weighted by Crippen LogP contribution is 2.48. The Hall–Kier alpha value is -1.78. The molecular formula is C26H38N2O2. The van der Waals surface area contributed by atoms with Crippen molar-refractivity contribution in [3.05, 3.63) is 35.4 Å². The highest BCUT2D eigenvalue weighted by molar-refractivity contribution is 5.94. The first-order valence-corrected chi connectivity index (χ1v) is 11.8. The molecule has 0 spiro atoms. The van der Waals surface area contributed by atoms with Crippen molar-refractivity contribution in [2.75, 3.05) is 0 Å². The van der Waals surface area contributed by atoms with Gasteiger partial charge < -0.3 is 21.7 Å². The lowest BCUT2D eigenvalue weighted by Gasteiger charge is -2.39. The quantitative estimate of drug-likeness (QED) is 0.515. The molecule has 164 valence electrons. The summed E-state index contributed by atoms with van der Waals surface area (Å²) in [6.45, 7) is 4.10. The minimum Gasteiger partial charge on any atom is -0.508 e. The van der Waals surface area contributed by atoms with Crippen LogP contribution in [0.1, 0.15) is 89.2 Å². The predicted molar refractivity (Wildman–Crippen MR) is 124 cm³/mol. The van der Waals surface area contributed by atoms with Crippen molar-refractivity contribution in [1.82, 2.24) is 0 Å². The maximum absolute atomic E-state index is 11.3. The molecule has 2 aliphatic carbocycles. The van der Waals surface area contributed by atoms with Crippen molar-refractivity contribution < 1.29 is 10.2 Å². The van der Waals surface area contributed by atoms with E-state index in [1.165, 1.54) is 38.5 Å². The number of rotatable bonds is 4. The molecular weight excluding hydrogens is 372 g/mol. The van der Waals surface area contributed by atoms with Crippen LogP contribution in [-0.4, -0.2) is 10.2 Å². The summed E-state index contributed by atoms with van der Waals surface area (Å²) >= 11 is 0. The van der Waals surface area contributed by atoms with Gasteiger partial charge in [0.2, 0.25) is 0 Å². The van der Waals surface area contributed by atoms with Crippen LogP contribution in [0.25, 0.3) is 10.8 Å². The van der Waals surface area contributed by atoms with Crippen LogP contribution in [0.5, 0.6) is 11.5 Å². The topological polar surface area (TPSA) is 92.5 Å². The van der Waals surface area contributed by atoms with Gasteiger partial charge in [0.05, 0.1) is 0 Å². The van der Waals surface area contributed by atoms with E-state index in [0.717, 1.165) is 47.6 Å². The summed E-state index contributed by atoms with van der Waals surface area (Å²) in [4.78, 5) is 0. The van der Waals surface area contributed by atoms with Crippen LogP contribution in [0.15, 0.2) is 24.3 Å². The highest BCUT2D eigenvalue weighted by atomic mass is 16.3. The monoisotopic (exact) mass is 410 g/mol. The van der Waals surface area contributed by atoms with Crippen molar-refractivity contribution in [3.8, 4) is 11.5 Å². The standard InChI is InChI=1S/C26H38N2O2/c1-25(27,17-9-5-3-6-10-17)21-15-13-19-20(24(21)30)14-16-22(29)23(19)26(2,28)18-11-7-4-8-12-18/h13-18,29-30H,3-12,27-28H2,1-2H3. The fourth-order valence-corrected chi connectivity index (χ4v) is 6.21. The average Bonchev–Trinajstić information content (AvgIpc) is 2.74. The third-order valence-corrected chi connectivity index (χ3v) is 8.18. The zero-order valence-corrected chi connectivity index (χ0v) is 18.6. The Morgan fingerprint density at radius 2 is 1.20 bits per heavy atom. The van der Waals surface area contributed by atoms with E-state index < -0.39 is 11.1 Å². The van der Waals surface area contributed by atoms with Crippen molar-refractivity contribution >= 4 is 10.8 Å². The third-order valence-electron chi connectivity index (χ3n) is 8.18. The van der Waals surface area contributed by atoms with Gasteiger partial charge >= 0.3 is 0 Å². The fourth-order valence-electron chi connectivity index (χ4n) is 6.21. The van der Waals surface area contributed by atoms with Crippen LogP contribution in [0.2, 0.25) is 0 Å². The lowest BCUT2D eigenvalue weighted by Crippen LogP contribution is -2.43. The molecule has 2 fully saturated rings. The molecule has 4 nitrogen and oxygen atoms in total. The molecule has 0 aromatic heterocycles. The number of phenols is 2. The maximum atomic E-state index is 11.3. The fraction of sp³-hybridized carbons (Fsp3) is 0.615. The van der Waals surface area contributed by atoms with Crippen LogP contribution in [0, 0.1) is 11.8 Å². The summed E-state index contributed by atoms with van der Waals surface area (Å²) in [7, 11) is 0. The van der Waals surface area contributed by atoms with Crippen LogP contribution >= 0.6 is 0 Å². The number of phenolic OH excluding ortho intramolecular Hbond substituents is 2. The zero-order valence-electron chi connectivity index (χ0n) is 18.6. The first kappa shape index (κ1) is 21.5. The Bertz CT molecular complexity index is 907. The molecule has 2 aromatic rings. The van der Waals surface area contributed by atoms with Crippen molar-refractivity contribution in [2.45, 2.75) is 89.1 Å². The van der Waals surface area contributed by atoms with E-state index >= 15 is 0 Å². The third kappa shape index (κ3) is 3.58. The zero-order chi connectivity index (χ0) is 21.5. The molecule has 0 amide bonds. The van der Waals surface area contributed by atoms with E-state index in [1.807, 2.05) is 19.1 Å². The van der Waals surface area contributed by atoms with Crippen LogP contribution in [0.4, 0.5) is 0 Å². The van der Waals surface area contributed by atoms with Gasteiger partial charge in [-0.1, -0.05) is 50.7 Å². The molecule has 0 bridgehead atoms. The lowest BCUT2D eigenvalue weighted by atomic mass is 9.70. The van der Waals surface area contributed by atoms with Crippen molar-refractivity contribution in [3.63, 3.8) is 0 Å². The van der Waals surface area contributed by atoms with Gasteiger partial charge in [-0.3, -0.25) is 0 Å². The molecule has 0 saturated heterocycles. The number of fused-ring (bicyclic) bond motifs is 1. The minimum atomic E-state index is -0.645. The van der Waals surface area contributed by atoms with Gasteiger partial charge in [-0.2, -0.15) is 0 Å². The number of nitrogens with two attached hydrogens (primary N) is 2. The molecule has 0 heterocycles. The molecule has 0 aliphatic heterocycles. The van der Waals surface area contributed by atoms with Crippen molar-refractivity contribution in [2.24, 2.45) is 23.3 Å². The maximum Gasteiger partial charge on any atom is 0.128 e. The smallest absolute Gasteiger partial charge is 0.128 e. The Labute approximate surface area is 180 Å². The molecule has 2 atom stereocenters. The molecule has 30 heavy (non-hydrogen) atoms. The number of hydrogen-bond acceptors (Lipinski definition) is 4. The molecule has 2 saturated carbocycles. The lowest BCUT2D eigenvalue weighted by molar-refractivity contribution is 0.219. The van der Waals surface area contributed by atoms with Gasteiger partial charge in [-0.15, -0.1) is 0 Å². The van der Waals surface area contributed by atoms with Crippen LogP contribution in [0.3, 0.4) is 0 Å². The Morgan fingerprint density at radius 3 is 1.77 bits per heavy atom. The van der Waals surface area contributed by atoms with E-state index in [-0.39, 0.29) is 11.5 Å². The molecule has 4 rings (SSSR count). The van der Waals surface area contributed by atoms with Gasteiger partial charge in [-0.05, 0) is 68.9 Å². The van der Waals surface area contributed by atoms with E-state index in [2.05, 4.69) is 6.92 Å². The molecule has 6 N–H and O–H groups in total. The summed E-state index contributed by atoms with van der Waals surface area (Å²) in [5.74, 6) is 1.15. The van der Waals surface area contributed by atoms with E-state index in [9.17, 15) is 10.2 Å². The Balaban J connectivity index is 1.81. The summed E-state index contributed by atoms with van der Waals surface area (Å²) in [6, 6.07) is 7.47.